The van der Waals surface area contributed by atoms with Gasteiger partial charge in [-0.2, -0.15) is 0 Å². The fraction of sp³-hybridized carbons (Fsp3) is 0.143. The van der Waals surface area contributed by atoms with Crippen LogP contribution in [0.5, 0.6) is 17.2 Å². The maximum Gasteiger partial charge on any atom is 0.200 e. The molecular formula is C14H14O3. The Morgan fingerprint density at radius 2 is 1.41 bits per heavy atom. The zero-order valence-corrected chi connectivity index (χ0v) is 9.73. The minimum atomic E-state index is -0.474. The van der Waals surface area contributed by atoms with Crippen LogP contribution in [-0.4, -0.2) is 15.3 Å². The third-order valence-electron chi connectivity index (χ3n) is 2.87. The zero-order valence-electron chi connectivity index (χ0n) is 9.73. The Morgan fingerprint density at radius 1 is 0.824 bits per heavy atom. The van der Waals surface area contributed by atoms with Crippen LogP contribution in [0.2, 0.25) is 0 Å². The van der Waals surface area contributed by atoms with Crippen LogP contribution < -0.4 is 0 Å². The van der Waals surface area contributed by atoms with Gasteiger partial charge >= 0.3 is 0 Å². The summed E-state index contributed by atoms with van der Waals surface area (Å²) in [5, 5.41) is 28.6. The van der Waals surface area contributed by atoms with Gasteiger partial charge in [0, 0.05) is 5.56 Å². The number of hydrogen-bond acceptors (Lipinski definition) is 3. The Labute approximate surface area is 99.6 Å². The van der Waals surface area contributed by atoms with E-state index in [1.807, 2.05) is 31.2 Å². The van der Waals surface area contributed by atoms with E-state index in [4.69, 9.17) is 0 Å². The quantitative estimate of drug-likeness (QED) is 0.660. The maximum absolute atomic E-state index is 9.67. The molecule has 0 aliphatic heterocycles. The highest BCUT2D eigenvalue weighted by Crippen LogP contribution is 2.42. The average molecular weight is 230 g/mol. The van der Waals surface area contributed by atoms with Gasteiger partial charge in [-0.05, 0) is 31.0 Å². The molecule has 17 heavy (non-hydrogen) atoms. The highest BCUT2D eigenvalue weighted by Gasteiger charge is 2.14. The summed E-state index contributed by atoms with van der Waals surface area (Å²) in [7, 11) is 0. The van der Waals surface area contributed by atoms with Crippen molar-refractivity contribution in [2.75, 3.05) is 0 Å². The summed E-state index contributed by atoms with van der Waals surface area (Å²) in [5.41, 5.74) is 3.28. The Morgan fingerprint density at radius 3 is 2.00 bits per heavy atom. The van der Waals surface area contributed by atoms with Crippen molar-refractivity contribution >= 4 is 0 Å². The number of hydrogen-bond donors (Lipinski definition) is 3. The van der Waals surface area contributed by atoms with E-state index in [-0.39, 0.29) is 11.5 Å². The van der Waals surface area contributed by atoms with Gasteiger partial charge in [0.1, 0.15) is 0 Å². The van der Waals surface area contributed by atoms with Gasteiger partial charge < -0.3 is 15.3 Å². The lowest BCUT2D eigenvalue weighted by Gasteiger charge is -2.11. The van der Waals surface area contributed by atoms with E-state index in [2.05, 4.69) is 0 Å². The molecule has 3 nitrogen and oxygen atoms in total. The second kappa shape index (κ2) is 4.01. The van der Waals surface area contributed by atoms with Crippen molar-refractivity contribution in [3.63, 3.8) is 0 Å². The summed E-state index contributed by atoms with van der Waals surface area (Å²) in [6.45, 7) is 3.69. The molecule has 2 aromatic carbocycles. The predicted molar refractivity (Wildman–Crippen MR) is 66.3 cm³/mol. The molecule has 0 spiro atoms. The molecule has 0 amide bonds. The number of aryl methyl sites for hydroxylation is 1. The molecule has 0 atom stereocenters. The zero-order chi connectivity index (χ0) is 12.6. The van der Waals surface area contributed by atoms with E-state index < -0.39 is 5.75 Å². The van der Waals surface area contributed by atoms with Crippen LogP contribution in [0.4, 0.5) is 0 Å². The lowest BCUT2D eigenvalue weighted by Crippen LogP contribution is -1.86. The molecule has 88 valence electrons. The molecule has 0 bridgehead atoms. The topological polar surface area (TPSA) is 60.7 Å². The summed E-state index contributed by atoms with van der Waals surface area (Å²) < 4.78 is 0. The summed E-state index contributed by atoms with van der Waals surface area (Å²) in [5.74, 6) is -1.07. The van der Waals surface area contributed by atoms with Crippen molar-refractivity contribution in [1.29, 1.82) is 0 Å². The molecule has 0 saturated carbocycles. The van der Waals surface area contributed by atoms with Crippen LogP contribution in [-0.2, 0) is 0 Å². The standard InChI is InChI=1S/C14H14O3/c1-8-3-5-10(6-4-8)11-7-12(15)14(17)13(16)9(11)2/h3-7,15-17H,1-2H3. The van der Waals surface area contributed by atoms with Gasteiger partial charge in [-0.3, -0.25) is 0 Å². The summed E-state index contributed by atoms with van der Waals surface area (Å²) >= 11 is 0. The van der Waals surface area contributed by atoms with E-state index >= 15 is 0 Å². The monoisotopic (exact) mass is 230 g/mol. The lowest BCUT2D eigenvalue weighted by atomic mass is 9.98. The summed E-state index contributed by atoms with van der Waals surface area (Å²) in [6, 6.07) is 9.18. The lowest BCUT2D eigenvalue weighted by molar-refractivity contribution is 0.366. The first-order chi connectivity index (χ1) is 8.00. The SMILES string of the molecule is Cc1ccc(-c2cc(O)c(O)c(O)c2C)cc1. The summed E-state index contributed by atoms with van der Waals surface area (Å²) in [4.78, 5) is 0. The maximum atomic E-state index is 9.67. The molecule has 0 radical (unpaired) electrons. The van der Waals surface area contributed by atoms with Crippen LogP contribution >= 0.6 is 0 Å². The van der Waals surface area contributed by atoms with Crippen molar-refractivity contribution in [1.82, 2.24) is 0 Å². The van der Waals surface area contributed by atoms with Crippen molar-refractivity contribution in [3.8, 4) is 28.4 Å². The molecule has 0 aromatic heterocycles. The van der Waals surface area contributed by atoms with Crippen LogP contribution in [0.3, 0.4) is 0 Å². The molecule has 0 unspecified atom stereocenters. The van der Waals surface area contributed by atoms with Crippen molar-refractivity contribution in [3.05, 3.63) is 41.5 Å². The Kier molecular flexibility index (Phi) is 2.68. The van der Waals surface area contributed by atoms with Crippen molar-refractivity contribution < 1.29 is 15.3 Å². The number of phenols is 3. The van der Waals surface area contributed by atoms with Gasteiger partial charge in [0.05, 0.1) is 0 Å². The van der Waals surface area contributed by atoms with E-state index in [0.29, 0.717) is 11.1 Å². The Balaban J connectivity index is 2.64. The molecule has 0 aliphatic rings. The highest BCUT2D eigenvalue weighted by molar-refractivity contribution is 5.74. The number of benzene rings is 2. The van der Waals surface area contributed by atoms with E-state index in [0.717, 1.165) is 11.1 Å². The van der Waals surface area contributed by atoms with E-state index in [9.17, 15) is 15.3 Å². The van der Waals surface area contributed by atoms with E-state index in [1.165, 1.54) is 6.07 Å². The predicted octanol–water partition coefficient (Wildman–Crippen LogP) is 3.09. The van der Waals surface area contributed by atoms with Crippen molar-refractivity contribution in [2.45, 2.75) is 13.8 Å². The Hall–Kier alpha value is -2.16. The van der Waals surface area contributed by atoms with Gasteiger partial charge in [0.2, 0.25) is 5.75 Å². The smallest absolute Gasteiger partial charge is 0.200 e. The molecule has 0 aliphatic carbocycles. The third kappa shape index (κ3) is 1.91. The Bertz CT molecular complexity index is 557. The first-order valence-electron chi connectivity index (χ1n) is 5.32. The van der Waals surface area contributed by atoms with Gasteiger partial charge in [-0.25, -0.2) is 0 Å². The van der Waals surface area contributed by atoms with Crippen LogP contribution in [0.25, 0.3) is 11.1 Å². The second-order valence-electron chi connectivity index (χ2n) is 4.13. The number of aromatic hydroxyl groups is 3. The van der Waals surface area contributed by atoms with Gasteiger partial charge in [0.25, 0.3) is 0 Å². The highest BCUT2D eigenvalue weighted by atomic mass is 16.3. The van der Waals surface area contributed by atoms with Crippen LogP contribution in [0.1, 0.15) is 11.1 Å². The van der Waals surface area contributed by atoms with Crippen LogP contribution in [0, 0.1) is 13.8 Å². The number of rotatable bonds is 1. The minimum absolute atomic E-state index is 0.277. The second-order valence-corrected chi connectivity index (χ2v) is 4.13. The normalized spacial score (nSPS) is 10.5. The van der Waals surface area contributed by atoms with E-state index in [1.54, 1.807) is 6.92 Å². The molecule has 2 aromatic rings. The third-order valence-corrected chi connectivity index (χ3v) is 2.87. The fourth-order valence-electron chi connectivity index (χ4n) is 1.77. The minimum Gasteiger partial charge on any atom is -0.504 e. The van der Waals surface area contributed by atoms with Gasteiger partial charge in [0.15, 0.2) is 11.5 Å². The molecule has 0 saturated heterocycles. The fourth-order valence-corrected chi connectivity index (χ4v) is 1.77. The molecule has 0 fully saturated rings. The first-order valence-corrected chi connectivity index (χ1v) is 5.32. The first kappa shape index (κ1) is 11.3. The largest absolute Gasteiger partial charge is 0.504 e. The van der Waals surface area contributed by atoms with Gasteiger partial charge in [-0.1, -0.05) is 29.8 Å². The molecule has 2 rings (SSSR count). The molecule has 3 N–H and O–H groups in total. The molecular weight excluding hydrogens is 216 g/mol. The van der Waals surface area contributed by atoms with Gasteiger partial charge in [-0.15, -0.1) is 0 Å². The molecule has 3 heteroatoms. The summed E-state index contributed by atoms with van der Waals surface area (Å²) in [6.07, 6.45) is 0. The molecule has 0 heterocycles. The average Bonchev–Trinajstić information content (AvgIpc) is 2.32. The number of phenolic OH excluding ortho intramolecular Hbond substituents is 3. The van der Waals surface area contributed by atoms with Crippen molar-refractivity contribution in [2.24, 2.45) is 0 Å². The van der Waals surface area contributed by atoms with Crippen LogP contribution in [0.15, 0.2) is 30.3 Å².